The fourth-order valence-electron chi connectivity index (χ4n) is 3.04. The van der Waals surface area contributed by atoms with E-state index in [9.17, 15) is 17.6 Å². The number of benzene rings is 2. The van der Waals surface area contributed by atoms with Crippen molar-refractivity contribution < 1.29 is 17.6 Å². The van der Waals surface area contributed by atoms with Gasteiger partial charge in [-0.1, -0.05) is 24.3 Å². The van der Waals surface area contributed by atoms with Crippen molar-refractivity contribution in [2.24, 2.45) is 0 Å². The zero-order chi connectivity index (χ0) is 19.4. The van der Waals surface area contributed by atoms with Crippen LogP contribution in [0.4, 0.5) is 23.2 Å². The van der Waals surface area contributed by atoms with Gasteiger partial charge in [0.05, 0.1) is 11.3 Å². The number of nitrogens with one attached hydrogen (secondary N) is 1. The number of anilines is 1. The third-order valence-electron chi connectivity index (χ3n) is 4.43. The molecule has 1 fully saturated rings. The molecule has 0 unspecified atom stereocenters. The Hall–Kier alpha value is -2.19. The molecule has 0 aromatic heterocycles. The van der Waals surface area contributed by atoms with Crippen LogP contribution in [0.2, 0.25) is 0 Å². The highest BCUT2D eigenvalue weighted by Gasteiger charge is 2.33. The van der Waals surface area contributed by atoms with Gasteiger partial charge in [0.2, 0.25) is 0 Å². The molecule has 1 heterocycles. The summed E-state index contributed by atoms with van der Waals surface area (Å²) in [5, 5.41) is 3.00. The van der Waals surface area contributed by atoms with Crippen molar-refractivity contribution in [1.29, 1.82) is 0 Å². The number of piperazine rings is 1. The fourth-order valence-corrected chi connectivity index (χ4v) is 3.33. The highest BCUT2D eigenvalue weighted by Crippen LogP contribution is 2.34. The van der Waals surface area contributed by atoms with Gasteiger partial charge in [0.25, 0.3) is 0 Å². The quantitative estimate of drug-likeness (QED) is 0.613. The number of thiocarbonyl (C=S) groups is 1. The van der Waals surface area contributed by atoms with E-state index in [1.165, 1.54) is 30.3 Å². The van der Waals surface area contributed by atoms with E-state index in [1.54, 1.807) is 6.07 Å². The van der Waals surface area contributed by atoms with Gasteiger partial charge < -0.3 is 10.2 Å². The van der Waals surface area contributed by atoms with Crippen LogP contribution in [0.3, 0.4) is 0 Å². The monoisotopic (exact) mass is 397 g/mol. The number of rotatable bonds is 3. The summed E-state index contributed by atoms with van der Waals surface area (Å²) in [5.41, 5.74) is 0.109. The fraction of sp³-hybridized carbons (Fsp3) is 0.316. The van der Waals surface area contributed by atoms with E-state index in [0.717, 1.165) is 11.6 Å². The van der Waals surface area contributed by atoms with E-state index >= 15 is 0 Å². The maximum absolute atomic E-state index is 13.3. The predicted octanol–water partition coefficient (Wildman–Crippen LogP) is 4.36. The van der Waals surface area contributed by atoms with Crippen LogP contribution in [0.25, 0.3) is 0 Å². The normalized spacial score (nSPS) is 15.6. The molecule has 0 amide bonds. The van der Waals surface area contributed by atoms with E-state index in [-0.39, 0.29) is 16.6 Å². The van der Waals surface area contributed by atoms with Gasteiger partial charge in [0.15, 0.2) is 5.11 Å². The van der Waals surface area contributed by atoms with Gasteiger partial charge in [-0.2, -0.15) is 13.2 Å². The summed E-state index contributed by atoms with van der Waals surface area (Å²) in [6, 6.07) is 11.8. The maximum Gasteiger partial charge on any atom is 0.418 e. The van der Waals surface area contributed by atoms with Gasteiger partial charge in [-0.25, -0.2) is 4.39 Å². The highest BCUT2D eigenvalue weighted by molar-refractivity contribution is 7.80. The molecule has 0 saturated carbocycles. The number of hydrogen-bond acceptors (Lipinski definition) is 2. The number of alkyl halides is 3. The van der Waals surface area contributed by atoms with Crippen molar-refractivity contribution in [2.45, 2.75) is 12.7 Å². The Labute approximate surface area is 160 Å². The number of nitrogens with zero attached hydrogens (tertiary/aromatic N) is 2. The van der Waals surface area contributed by atoms with Crippen LogP contribution in [0.15, 0.2) is 48.5 Å². The van der Waals surface area contributed by atoms with Gasteiger partial charge in [-0.05, 0) is 42.0 Å². The molecule has 2 aromatic rings. The molecule has 1 aliphatic heterocycles. The molecule has 0 radical (unpaired) electrons. The van der Waals surface area contributed by atoms with Gasteiger partial charge in [0, 0.05) is 32.7 Å². The second-order valence-corrected chi connectivity index (χ2v) is 6.75. The molecule has 1 aliphatic rings. The molecule has 144 valence electrons. The molecule has 0 bridgehead atoms. The van der Waals surface area contributed by atoms with Crippen LogP contribution < -0.4 is 5.32 Å². The smallest absolute Gasteiger partial charge is 0.346 e. The lowest BCUT2D eigenvalue weighted by atomic mass is 10.1. The zero-order valence-electron chi connectivity index (χ0n) is 14.5. The van der Waals surface area contributed by atoms with E-state index < -0.39 is 11.7 Å². The first kappa shape index (κ1) is 19.6. The lowest BCUT2D eigenvalue weighted by Gasteiger charge is -2.36. The van der Waals surface area contributed by atoms with E-state index in [2.05, 4.69) is 10.2 Å². The second-order valence-electron chi connectivity index (χ2n) is 6.37. The lowest BCUT2D eigenvalue weighted by molar-refractivity contribution is -0.136. The van der Waals surface area contributed by atoms with Gasteiger partial charge in [-0.15, -0.1) is 0 Å². The Bertz CT molecular complexity index is 802. The molecule has 1 saturated heterocycles. The van der Waals surface area contributed by atoms with Crippen molar-refractivity contribution in [1.82, 2.24) is 9.80 Å². The van der Waals surface area contributed by atoms with Crippen LogP contribution in [0.5, 0.6) is 0 Å². The van der Waals surface area contributed by atoms with Crippen LogP contribution in [0.1, 0.15) is 11.1 Å². The van der Waals surface area contributed by atoms with E-state index in [4.69, 9.17) is 12.2 Å². The van der Waals surface area contributed by atoms with Crippen molar-refractivity contribution in [3.05, 3.63) is 65.5 Å². The summed E-state index contributed by atoms with van der Waals surface area (Å²) in [4.78, 5) is 4.02. The lowest BCUT2D eigenvalue weighted by Crippen LogP contribution is -2.49. The Morgan fingerprint density at radius 1 is 1.00 bits per heavy atom. The summed E-state index contributed by atoms with van der Waals surface area (Å²) in [5.74, 6) is -0.264. The van der Waals surface area contributed by atoms with Crippen molar-refractivity contribution in [3.63, 3.8) is 0 Å². The molecule has 1 N–H and O–H groups in total. The molecule has 3 rings (SSSR count). The molecular weight excluding hydrogens is 378 g/mol. The summed E-state index contributed by atoms with van der Waals surface area (Å²) >= 11 is 5.30. The summed E-state index contributed by atoms with van der Waals surface area (Å²) in [7, 11) is 0. The third-order valence-corrected chi connectivity index (χ3v) is 4.79. The van der Waals surface area contributed by atoms with Crippen LogP contribution >= 0.6 is 12.2 Å². The molecule has 2 aromatic carbocycles. The minimum atomic E-state index is -4.44. The minimum absolute atomic E-state index is 0.0443. The predicted molar refractivity (Wildman–Crippen MR) is 101 cm³/mol. The number of halogens is 4. The van der Waals surface area contributed by atoms with E-state index in [0.29, 0.717) is 32.7 Å². The number of para-hydroxylation sites is 1. The maximum atomic E-state index is 13.3. The molecule has 0 aliphatic carbocycles. The van der Waals surface area contributed by atoms with Crippen molar-refractivity contribution in [2.75, 3.05) is 31.5 Å². The van der Waals surface area contributed by atoms with Crippen LogP contribution in [-0.2, 0) is 12.7 Å². The molecule has 0 atom stereocenters. The first-order valence-electron chi connectivity index (χ1n) is 8.52. The van der Waals surface area contributed by atoms with E-state index in [1.807, 2.05) is 11.0 Å². The average Bonchev–Trinajstić information content (AvgIpc) is 2.62. The molecule has 8 heteroatoms. The minimum Gasteiger partial charge on any atom is -0.346 e. The van der Waals surface area contributed by atoms with Crippen molar-refractivity contribution >= 4 is 23.0 Å². The summed E-state index contributed by atoms with van der Waals surface area (Å²) < 4.78 is 52.6. The van der Waals surface area contributed by atoms with Crippen LogP contribution in [-0.4, -0.2) is 41.1 Å². The topological polar surface area (TPSA) is 18.5 Å². The zero-order valence-corrected chi connectivity index (χ0v) is 15.3. The standard InChI is InChI=1S/C19H19F4N3S/c20-15-5-3-4-14(12-15)13-25-8-10-26(11-9-25)18(27)24-17-7-2-1-6-16(17)19(21,22)23/h1-7,12H,8-11,13H2,(H,24,27). The average molecular weight is 397 g/mol. The van der Waals surface area contributed by atoms with Crippen LogP contribution in [0, 0.1) is 5.82 Å². The van der Waals surface area contributed by atoms with Crippen molar-refractivity contribution in [3.8, 4) is 0 Å². The number of hydrogen-bond donors (Lipinski definition) is 1. The summed E-state index contributed by atoms with van der Waals surface area (Å²) in [6.45, 7) is 3.20. The first-order valence-corrected chi connectivity index (χ1v) is 8.93. The van der Waals surface area contributed by atoms with Gasteiger partial charge >= 0.3 is 6.18 Å². The van der Waals surface area contributed by atoms with Gasteiger partial charge in [-0.3, -0.25) is 4.90 Å². The molecule has 3 nitrogen and oxygen atoms in total. The second kappa shape index (κ2) is 8.22. The highest BCUT2D eigenvalue weighted by atomic mass is 32.1. The first-order chi connectivity index (χ1) is 12.8. The third kappa shape index (κ3) is 5.17. The Morgan fingerprint density at radius 2 is 1.70 bits per heavy atom. The Kier molecular flexibility index (Phi) is 5.96. The van der Waals surface area contributed by atoms with Gasteiger partial charge in [0.1, 0.15) is 5.82 Å². The largest absolute Gasteiger partial charge is 0.418 e. The molecular formula is C19H19F4N3S. The summed E-state index contributed by atoms with van der Waals surface area (Å²) in [6.07, 6.45) is -4.44. The Morgan fingerprint density at radius 3 is 2.37 bits per heavy atom. The molecule has 0 spiro atoms. The SMILES string of the molecule is Fc1cccc(CN2CCN(C(=S)Nc3ccccc3C(F)(F)F)CC2)c1. The Balaban J connectivity index is 1.56. The molecule has 27 heavy (non-hydrogen) atoms.